The molecule has 0 bridgehead atoms. The summed E-state index contributed by atoms with van der Waals surface area (Å²) in [6, 6.07) is 6.99. The first-order valence-electron chi connectivity index (χ1n) is 6.70. The number of carboxylic acid groups (broad SMARTS) is 1. The Hall–Kier alpha value is -2.30. The molecular weight excluding hydrogens is 256 g/mol. The number of nitrogens with one attached hydrogen (secondary N) is 2. The predicted octanol–water partition coefficient (Wildman–Crippen LogP) is 2.54. The molecule has 0 saturated heterocycles. The normalized spacial score (nSPS) is 12.2. The highest BCUT2D eigenvalue weighted by molar-refractivity contribution is 5.98. The van der Waals surface area contributed by atoms with Gasteiger partial charge in [0, 0.05) is 23.3 Å². The van der Waals surface area contributed by atoms with E-state index in [9.17, 15) is 9.59 Å². The highest BCUT2D eigenvalue weighted by Gasteiger charge is 2.16. The van der Waals surface area contributed by atoms with Crippen molar-refractivity contribution in [3.05, 3.63) is 36.0 Å². The third kappa shape index (κ3) is 3.38. The monoisotopic (exact) mass is 274 g/mol. The number of carbonyl (C=O) groups excluding carboxylic acids is 1. The van der Waals surface area contributed by atoms with E-state index in [1.54, 1.807) is 12.1 Å². The number of rotatable bonds is 6. The molecule has 5 nitrogen and oxygen atoms in total. The van der Waals surface area contributed by atoms with Crippen molar-refractivity contribution in [3.8, 4) is 0 Å². The van der Waals surface area contributed by atoms with Gasteiger partial charge in [-0.25, -0.2) is 0 Å². The fourth-order valence-corrected chi connectivity index (χ4v) is 2.24. The minimum atomic E-state index is -0.899. The first-order valence-corrected chi connectivity index (χ1v) is 6.70. The molecule has 1 heterocycles. The van der Waals surface area contributed by atoms with Crippen molar-refractivity contribution in [1.82, 2.24) is 10.3 Å². The summed E-state index contributed by atoms with van der Waals surface area (Å²) in [5, 5.41) is 12.7. The lowest BCUT2D eigenvalue weighted by Gasteiger charge is -2.16. The fourth-order valence-electron chi connectivity index (χ4n) is 2.24. The topological polar surface area (TPSA) is 82.2 Å². The SMILES string of the molecule is CCCC(CC(=O)O)NC(=O)c1ccc2cc[nH]c2c1. The van der Waals surface area contributed by atoms with Crippen LogP contribution in [0.25, 0.3) is 10.9 Å². The molecule has 1 amide bonds. The van der Waals surface area contributed by atoms with Crippen LogP contribution in [0.5, 0.6) is 0 Å². The number of carbonyl (C=O) groups is 2. The number of hydrogen-bond acceptors (Lipinski definition) is 2. The Kier molecular flexibility index (Phi) is 4.40. The molecule has 0 aliphatic heterocycles. The van der Waals surface area contributed by atoms with E-state index in [2.05, 4.69) is 10.3 Å². The molecule has 1 unspecified atom stereocenters. The highest BCUT2D eigenvalue weighted by Crippen LogP contribution is 2.14. The molecule has 106 valence electrons. The van der Waals surface area contributed by atoms with Crippen LogP contribution < -0.4 is 5.32 Å². The number of carboxylic acids is 1. The van der Waals surface area contributed by atoms with E-state index in [4.69, 9.17) is 5.11 Å². The quantitative estimate of drug-likeness (QED) is 0.757. The lowest BCUT2D eigenvalue weighted by atomic mass is 10.1. The third-order valence-corrected chi connectivity index (χ3v) is 3.21. The largest absolute Gasteiger partial charge is 0.481 e. The van der Waals surface area contributed by atoms with E-state index < -0.39 is 5.97 Å². The van der Waals surface area contributed by atoms with Gasteiger partial charge in [0.25, 0.3) is 5.91 Å². The van der Waals surface area contributed by atoms with Crippen molar-refractivity contribution in [2.45, 2.75) is 32.2 Å². The number of aromatic nitrogens is 1. The van der Waals surface area contributed by atoms with Crippen LogP contribution in [0.1, 0.15) is 36.5 Å². The molecule has 0 aliphatic rings. The zero-order valence-electron chi connectivity index (χ0n) is 11.3. The van der Waals surface area contributed by atoms with Crippen LogP contribution in [0, 0.1) is 0 Å². The van der Waals surface area contributed by atoms with Gasteiger partial charge in [0.2, 0.25) is 0 Å². The maximum Gasteiger partial charge on any atom is 0.305 e. The molecule has 20 heavy (non-hydrogen) atoms. The summed E-state index contributed by atoms with van der Waals surface area (Å²) < 4.78 is 0. The fraction of sp³-hybridized carbons (Fsp3) is 0.333. The summed E-state index contributed by atoms with van der Waals surface area (Å²) in [6.07, 6.45) is 3.25. The van der Waals surface area contributed by atoms with Gasteiger partial charge in [0.05, 0.1) is 6.42 Å². The Bertz CT molecular complexity index is 618. The number of hydrogen-bond donors (Lipinski definition) is 3. The van der Waals surface area contributed by atoms with Crippen molar-refractivity contribution in [1.29, 1.82) is 0 Å². The van der Waals surface area contributed by atoms with Crippen LogP contribution in [0.2, 0.25) is 0 Å². The molecule has 0 fully saturated rings. The molecule has 0 saturated carbocycles. The Labute approximate surface area is 117 Å². The van der Waals surface area contributed by atoms with E-state index in [1.807, 2.05) is 25.3 Å². The number of fused-ring (bicyclic) bond motifs is 1. The van der Waals surface area contributed by atoms with Crippen LogP contribution in [0.3, 0.4) is 0 Å². The molecular formula is C15H18N2O3. The Morgan fingerprint density at radius 1 is 1.35 bits per heavy atom. The second kappa shape index (κ2) is 6.23. The molecule has 2 rings (SSSR count). The molecule has 2 aromatic rings. The lowest BCUT2D eigenvalue weighted by molar-refractivity contribution is -0.137. The van der Waals surface area contributed by atoms with Crippen LogP contribution in [0.4, 0.5) is 0 Å². The van der Waals surface area contributed by atoms with E-state index in [0.29, 0.717) is 12.0 Å². The smallest absolute Gasteiger partial charge is 0.305 e. The van der Waals surface area contributed by atoms with Gasteiger partial charge >= 0.3 is 5.97 Å². The number of aliphatic carboxylic acids is 1. The van der Waals surface area contributed by atoms with E-state index in [-0.39, 0.29) is 18.4 Å². The second-order valence-electron chi connectivity index (χ2n) is 4.84. The number of H-pyrrole nitrogens is 1. The van der Waals surface area contributed by atoms with Gasteiger partial charge < -0.3 is 15.4 Å². The number of benzene rings is 1. The van der Waals surface area contributed by atoms with E-state index in [1.165, 1.54) is 0 Å². The molecule has 3 N–H and O–H groups in total. The van der Waals surface area contributed by atoms with E-state index >= 15 is 0 Å². The zero-order chi connectivity index (χ0) is 14.5. The summed E-state index contributed by atoms with van der Waals surface area (Å²) in [6.45, 7) is 1.96. The minimum Gasteiger partial charge on any atom is -0.481 e. The van der Waals surface area contributed by atoms with Gasteiger partial charge in [-0.2, -0.15) is 0 Å². The van der Waals surface area contributed by atoms with Crippen LogP contribution in [-0.2, 0) is 4.79 Å². The molecule has 0 radical (unpaired) electrons. The van der Waals surface area contributed by atoms with Crippen molar-refractivity contribution < 1.29 is 14.7 Å². The van der Waals surface area contributed by atoms with Crippen LogP contribution in [0.15, 0.2) is 30.5 Å². The molecule has 0 aliphatic carbocycles. The third-order valence-electron chi connectivity index (χ3n) is 3.21. The van der Waals surface area contributed by atoms with Gasteiger partial charge in [-0.05, 0) is 30.0 Å². The van der Waals surface area contributed by atoms with Gasteiger partial charge in [-0.15, -0.1) is 0 Å². The summed E-state index contributed by atoms with van der Waals surface area (Å²) in [5.74, 6) is -1.13. The van der Waals surface area contributed by atoms with Crippen molar-refractivity contribution in [3.63, 3.8) is 0 Å². The van der Waals surface area contributed by atoms with Crippen molar-refractivity contribution in [2.24, 2.45) is 0 Å². The average molecular weight is 274 g/mol. The maximum absolute atomic E-state index is 12.2. The summed E-state index contributed by atoms with van der Waals surface area (Å²) in [7, 11) is 0. The van der Waals surface area contributed by atoms with Crippen molar-refractivity contribution in [2.75, 3.05) is 0 Å². The number of aromatic amines is 1. The zero-order valence-corrected chi connectivity index (χ0v) is 11.3. The Balaban J connectivity index is 2.10. The average Bonchev–Trinajstić information content (AvgIpc) is 2.85. The summed E-state index contributed by atoms with van der Waals surface area (Å²) >= 11 is 0. The Morgan fingerprint density at radius 2 is 2.15 bits per heavy atom. The standard InChI is InChI=1S/C15H18N2O3/c1-2-3-12(9-14(18)19)17-15(20)11-5-4-10-6-7-16-13(10)8-11/h4-8,12,16H,2-3,9H2,1H3,(H,17,20)(H,18,19). The van der Waals surface area contributed by atoms with Crippen LogP contribution in [-0.4, -0.2) is 28.0 Å². The van der Waals surface area contributed by atoms with Gasteiger partial charge in [-0.1, -0.05) is 19.4 Å². The summed E-state index contributed by atoms with van der Waals surface area (Å²) in [4.78, 5) is 26.0. The molecule has 1 aromatic heterocycles. The van der Waals surface area contributed by atoms with Gasteiger partial charge in [0.1, 0.15) is 0 Å². The first-order chi connectivity index (χ1) is 9.60. The highest BCUT2D eigenvalue weighted by atomic mass is 16.4. The first kappa shape index (κ1) is 14.1. The number of amides is 1. The predicted molar refractivity (Wildman–Crippen MR) is 76.7 cm³/mol. The maximum atomic E-state index is 12.2. The summed E-state index contributed by atoms with van der Waals surface area (Å²) in [5.41, 5.74) is 1.43. The van der Waals surface area contributed by atoms with Gasteiger partial charge in [-0.3, -0.25) is 9.59 Å². The lowest BCUT2D eigenvalue weighted by Crippen LogP contribution is -2.36. The molecule has 0 spiro atoms. The van der Waals surface area contributed by atoms with Gasteiger partial charge in [0.15, 0.2) is 0 Å². The minimum absolute atomic E-state index is 0.0513. The molecule has 5 heteroatoms. The molecule has 1 atom stereocenters. The Morgan fingerprint density at radius 3 is 2.85 bits per heavy atom. The van der Waals surface area contributed by atoms with Crippen LogP contribution >= 0.6 is 0 Å². The second-order valence-corrected chi connectivity index (χ2v) is 4.84. The van der Waals surface area contributed by atoms with E-state index in [0.717, 1.165) is 17.3 Å². The van der Waals surface area contributed by atoms with Crippen molar-refractivity contribution >= 4 is 22.8 Å². The molecule has 1 aromatic carbocycles.